The minimum atomic E-state index is -0.988. The van der Waals surface area contributed by atoms with Crippen LogP contribution in [0.15, 0.2) is 48.0 Å². The number of benzene rings is 2. The van der Waals surface area contributed by atoms with Gasteiger partial charge in [-0.05, 0) is 36.2 Å². The van der Waals surface area contributed by atoms with Crippen LogP contribution >= 0.6 is 0 Å². The first-order valence-electron chi connectivity index (χ1n) is 9.46. The minimum Gasteiger partial charge on any atom is -0.507 e. The zero-order valence-corrected chi connectivity index (χ0v) is 17.3. The molecule has 0 aliphatic carbocycles. The molecule has 9 heteroatoms. The van der Waals surface area contributed by atoms with Crippen LogP contribution in [0.5, 0.6) is 5.75 Å². The maximum Gasteiger partial charge on any atom is 0.295 e. The lowest BCUT2D eigenvalue weighted by atomic mass is 9.94. The zero-order valence-electron chi connectivity index (χ0n) is 17.3. The first kappa shape index (κ1) is 22.0. The first-order chi connectivity index (χ1) is 14.8. The number of aliphatic hydroxyl groups excluding tert-OH is 1. The Morgan fingerprint density at radius 2 is 1.94 bits per heavy atom. The number of non-ortho nitro benzene ring substituents is 1. The summed E-state index contributed by atoms with van der Waals surface area (Å²) in [6.45, 7) is 2.01. The lowest BCUT2D eigenvalue weighted by Gasteiger charge is -2.25. The van der Waals surface area contributed by atoms with Gasteiger partial charge in [0.1, 0.15) is 11.5 Å². The molecule has 31 heavy (non-hydrogen) atoms. The second-order valence-electron chi connectivity index (χ2n) is 7.02. The maximum atomic E-state index is 12.9. The summed E-state index contributed by atoms with van der Waals surface area (Å²) in [6.07, 6.45) is 0. The molecule has 3 rings (SSSR count). The molecule has 1 amide bonds. The van der Waals surface area contributed by atoms with Gasteiger partial charge in [0.05, 0.1) is 30.3 Å². The Bertz CT molecular complexity index is 1080. The number of methoxy groups -OCH3 is 2. The molecule has 0 spiro atoms. The number of nitro benzene ring substituents is 1. The van der Waals surface area contributed by atoms with Gasteiger partial charge in [0.15, 0.2) is 0 Å². The maximum absolute atomic E-state index is 12.9. The van der Waals surface area contributed by atoms with Gasteiger partial charge in [0, 0.05) is 31.4 Å². The van der Waals surface area contributed by atoms with Crippen LogP contribution in [0.3, 0.4) is 0 Å². The van der Waals surface area contributed by atoms with E-state index in [9.17, 15) is 24.8 Å². The molecule has 2 aromatic carbocycles. The molecule has 1 aliphatic rings. The van der Waals surface area contributed by atoms with Crippen LogP contribution in [0.25, 0.3) is 5.76 Å². The third-order valence-corrected chi connectivity index (χ3v) is 5.14. The number of carbonyl (C=O) groups is 2. The minimum absolute atomic E-state index is 0.0762. The van der Waals surface area contributed by atoms with E-state index >= 15 is 0 Å². The number of ketones is 1. The summed E-state index contributed by atoms with van der Waals surface area (Å²) in [4.78, 5) is 37.6. The van der Waals surface area contributed by atoms with Gasteiger partial charge in [0.25, 0.3) is 17.4 Å². The Kier molecular flexibility index (Phi) is 6.36. The molecule has 1 N–H and O–H groups in total. The lowest BCUT2D eigenvalue weighted by Crippen LogP contribution is -2.32. The van der Waals surface area contributed by atoms with E-state index in [1.807, 2.05) is 0 Å². The number of hydrogen-bond acceptors (Lipinski definition) is 7. The van der Waals surface area contributed by atoms with Gasteiger partial charge in [-0.1, -0.05) is 12.1 Å². The smallest absolute Gasteiger partial charge is 0.295 e. The molecule has 9 nitrogen and oxygen atoms in total. The number of nitro groups is 1. The van der Waals surface area contributed by atoms with E-state index in [2.05, 4.69) is 0 Å². The number of rotatable bonds is 7. The number of Topliss-reactive ketones (excluding diaryl/α,β-unsaturated/α-hetero) is 1. The Hall–Kier alpha value is -3.72. The fourth-order valence-corrected chi connectivity index (χ4v) is 3.64. The summed E-state index contributed by atoms with van der Waals surface area (Å²) in [5, 5.41) is 22.3. The molecule has 0 radical (unpaired) electrons. The van der Waals surface area contributed by atoms with Crippen molar-refractivity contribution in [3.63, 3.8) is 0 Å². The second-order valence-corrected chi connectivity index (χ2v) is 7.02. The zero-order chi connectivity index (χ0) is 22.7. The Labute approximate surface area is 178 Å². The molecule has 1 atom stereocenters. The van der Waals surface area contributed by atoms with Gasteiger partial charge in [-0.25, -0.2) is 0 Å². The molecule has 1 aliphatic heterocycles. The molecule has 0 saturated carbocycles. The number of aryl methyl sites for hydroxylation is 1. The molecular formula is C22H22N2O7. The normalized spacial score (nSPS) is 17.8. The van der Waals surface area contributed by atoms with Gasteiger partial charge in [-0.3, -0.25) is 19.7 Å². The van der Waals surface area contributed by atoms with Gasteiger partial charge < -0.3 is 19.5 Å². The fraction of sp³-hybridized carbons (Fsp3) is 0.273. The standard InChI is InChI=1S/C22H22N2O7/c1-13-11-15(7-8-17(13)31-3)20(25)18-19(14-5-4-6-16(12-14)24(28)29)23(9-10-30-2)22(27)21(18)26/h4-8,11-12,19,25H,9-10H2,1-3H3/b20-18+/t19-/m0/s1. The SMILES string of the molecule is COCCN1C(=O)C(=O)/C(=C(/O)c2ccc(OC)c(C)c2)[C@@H]1c1cccc([N+](=O)[O-])c1. The van der Waals surface area contributed by atoms with Crippen molar-refractivity contribution in [1.82, 2.24) is 4.90 Å². The largest absolute Gasteiger partial charge is 0.507 e. The highest BCUT2D eigenvalue weighted by Crippen LogP contribution is 2.40. The molecule has 1 heterocycles. The van der Waals surface area contributed by atoms with Crippen molar-refractivity contribution in [3.05, 3.63) is 74.8 Å². The van der Waals surface area contributed by atoms with Crippen molar-refractivity contribution in [2.75, 3.05) is 27.4 Å². The molecule has 0 unspecified atom stereocenters. The summed E-state index contributed by atoms with van der Waals surface area (Å²) in [5.74, 6) is -1.42. The van der Waals surface area contributed by atoms with Crippen LogP contribution in [-0.2, 0) is 14.3 Å². The summed E-state index contributed by atoms with van der Waals surface area (Å²) in [5.41, 5.74) is 1.09. The average Bonchev–Trinajstić information content (AvgIpc) is 3.01. The van der Waals surface area contributed by atoms with Crippen molar-refractivity contribution in [2.24, 2.45) is 0 Å². The van der Waals surface area contributed by atoms with E-state index in [-0.39, 0.29) is 30.2 Å². The van der Waals surface area contributed by atoms with Crippen molar-refractivity contribution in [1.29, 1.82) is 0 Å². The monoisotopic (exact) mass is 426 g/mol. The number of amides is 1. The highest BCUT2D eigenvalue weighted by molar-refractivity contribution is 6.46. The predicted octanol–water partition coefficient (Wildman–Crippen LogP) is 2.98. The summed E-state index contributed by atoms with van der Waals surface area (Å²) < 4.78 is 10.3. The number of nitrogens with zero attached hydrogens (tertiary/aromatic N) is 2. The van der Waals surface area contributed by atoms with E-state index in [1.165, 1.54) is 37.3 Å². The van der Waals surface area contributed by atoms with E-state index in [0.717, 1.165) is 5.56 Å². The molecule has 0 bridgehead atoms. The van der Waals surface area contributed by atoms with E-state index in [1.54, 1.807) is 31.2 Å². The number of carbonyl (C=O) groups excluding carboxylic acids is 2. The molecule has 0 aromatic heterocycles. The molecule has 2 aromatic rings. The Balaban J connectivity index is 2.20. The molecular weight excluding hydrogens is 404 g/mol. The van der Waals surface area contributed by atoms with Crippen molar-refractivity contribution < 1.29 is 29.1 Å². The highest BCUT2D eigenvalue weighted by Gasteiger charge is 2.46. The number of ether oxygens (including phenoxy) is 2. The van der Waals surface area contributed by atoms with Gasteiger partial charge in [0.2, 0.25) is 0 Å². The van der Waals surface area contributed by atoms with E-state index in [4.69, 9.17) is 9.47 Å². The highest BCUT2D eigenvalue weighted by atomic mass is 16.6. The number of likely N-dealkylation sites (tertiary alicyclic amines) is 1. The number of hydrogen-bond donors (Lipinski definition) is 1. The average molecular weight is 426 g/mol. The van der Waals surface area contributed by atoms with Crippen LogP contribution in [0, 0.1) is 17.0 Å². The third-order valence-electron chi connectivity index (χ3n) is 5.14. The van der Waals surface area contributed by atoms with Crippen LogP contribution < -0.4 is 4.74 Å². The topological polar surface area (TPSA) is 119 Å². The van der Waals surface area contributed by atoms with Crippen LogP contribution in [0.1, 0.15) is 22.7 Å². The van der Waals surface area contributed by atoms with Gasteiger partial charge in [-0.15, -0.1) is 0 Å². The van der Waals surface area contributed by atoms with Crippen LogP contribution in [-0.4, -0.2) is 54.0 Å². The van der Waals surface area contributed by atoms with Crippen molar-refractivity contribution in [2.45, 2.75) is 13.0 Å². The molecule has 162 valence electrons. The van der Waals surface area contributed by atoms with Gasteiger partial charge in [-0.2, -0.15) is 0 Å². The van der Waals surface area contributed by atoms with E-state index in [0.29, 0.717) is 16.9 Å². The van der Waals surface area contributed by atoms with Crippen molar-refractivity contribution >= 4 is 23.1 Å². The predicted molar refractivity (Wildman–Crippen MR) is 112 cm³/mol. The second kappa shape index (κ2) is 8.97. The van der Waals surface area contributed by atoms with Gasteiger partial charge >= 0.3 is 0 Å². The summed E-state index contributed by atoms with van der Waals surface area (Å²) in [6, 6.07) is 9.54. The lowest BCUT2D eigenvalue weighted by molar-refractivity contribution is -0.384. The van der Waals surface area contributed by atoms with Crippen LogP contribution in [0.4, 0.5) is 5.69 Å². The Morgan fingerprint density at radius 1 is 1.19 bits per heavy atom. The fourth-order valence-electron chi connectivity index (χ4n) is 3.64. The summed E-state index contributed by atoms with van der Waals surface area (Å²) in [7, 11) is 2.98. The van der Waals surface area contributed by atoms with Crippen LogP contribution in [0.2, 0.25) is 0 Å². The molecule has 1 fully saturated rings. The first-order valence-corrected chi connectivity index (χ1v) is 9.46. The van der Waals surface area contributed by atoms with Crippen molar-refractivity contribution in [3.8, 4) is 5.75 Å². The Morgan fingerprint density at radius 3 is 2.55 bits per heavy atom. The summed E-state index contributed by atoms with van der Waals surface area (Å²) >= 11 is 0. The number of aliphatic hydroxyl groups is 1. The molecule has 1 saturated heterocycles. The third kappa shape index (κ3) is 4.13. The van der Waals surface area contributed by atoms with E-state index < -0.39 is 22.7 Å². The quantitative estimate of drug-likeness (QED) is 0.238.